The fraction of sp³-hybridized carbons (Fsp3) is 0.455. The smallest absolute Gasteiger partial charge is 0.188 e. The van der Waals surface area contributed by atoms with Crippen molar-refractivity contribution in [1.29, 1.82) is 0 Å². The van der Waals surface area contributed by atoms with Gasteiger partial charge in [-0.25, -0.2) is 0 Å². The van der Waals surface area contributed by atoms with E-state index in [0.717, 1.165) is 17.9 Å². The second-order valence-electron chi connectivity index (χ2n) is 3.77. The van der Waals surface area contributed by atoms with Crippen molar-refractivity contribution >= 4 is 17.6 Å². The molecule has 0 amide bonds. The van der Waals surface area contributed by atoms with Gasteiger partial charge in [0.15, 0.2) is 5.84 Å². The summed E-state index contributed by atoms with van der Waals surface area (Å²) in [6, 6.07) is 4.17. The summed E-state index contributed by atoms with van der Waals surface area (Å²) >= 11 is 1.81. The zero-order valence-corrected chi connectivity index (χ0v) is 10.9. The molecule has 5 nitrogen and oxygen atoms in total. The molecule has 17 heavy (non-hydrogen) atoms. The van der Waals surface area contributed by atoms with Gasteiger partial charge in [0.2, 0.25) is 0 Å². The van der Waals surface area contributed by atoms with Gasteiger partial charge in [0.05, 0.1) is 0 Å². The molecule has 0 fully saturated rings. The molecule has 1 unspecified atom stereocenters. The molecule has 0 aliphatic heterocycles. The van der Waals surface area contributed by atoms with Crippen LogP contribution in [0.15, 0.2) is 23.5 Å². The van der Waals surface area contributed by atoms with Gasteiger partial charge in [0.25, 0.3) is 0 Å². The second-order valence-corrected chi connectivity index (χ2v) is 4.68. The van der Waals surface area contributed by atoms with Gasteiger partial charge in [-0.1, -0.05) is 5.16 Å². The van der Waals surface area contributed by atoms with E-state index in [1.54, 1.807) is 6.20 Å². The average molecular weight is 254 g/mol. The lowest BCUT2D eigenvalue weighted by atomic mass is 10.2. The Morgan fingerprint density at radius 1 is 1.71 bits per heavy atom. The second kappa shape index (κ2) is 7.13. The van der Waals surface area contributed by atoms with E-state index in [1.165, 1.54) is 0 Å². The molecule has 0 saturated carbocycles. The van der Waals surface area contributed by atoms with Gasteiger partial charge < -0.3 is 16.3 Å². The van der Waals surface area contributed by atoms with Gasteiger partial charge >= 0.3 is 0 Å². The monoisotopic (exact) mass is 254 g/mol. The molecule has 94 valence electrons. The predicted molar refractivity (Wildman–Crippen MR) is 71.4 cm³/mol. The predicted octanol–water partition coefficient (Wildman–Crippen LogP) is 1.02. The van der Waals surface area contributed by atoms with Crippen LogP contribution >= 0.6 is 11.8 Å². The number of hydrogen-bond acceptors (Lipinski definition) is 5. The highest BCUT2D eigenvalue weighted by Crippen LogP contribution is 2.03. The summed E-state index contributed by atoms with van der Waals surface area (Å²) < 4.78 is 0. The molecule has 0 spiro atoms. The Morgan fingerprint density at radius 2 is 2.47 bits per heavy atom. The topological polar surface area (TPSA) is 83.5 Å². The summed E-state index contributed by atoms with van der Waals surface area (Å²) in [6.07, 6.45) is 3.74. The van der Waals surface area contributed by atoms with Crippen LogP contribution in [0.2, 0.25) is 0 Å². The van der Waals surface area contributed by atoms with Crippen LogP contribution in [0, 0.1) is 0 Å². The molecule has 1 rings (SSSR count). The van der Waals surface area contributed by atoms with Crippen molar-refractivity contribution in [2.75, 3.05) is 12.0 Å². The Bertz CT molecular complexity index is 383. The molecule has 0 aliphatic carbocycles. The van der Waals surface area contributed by atoms with Crippen LogP contribution in [0.5, 0.6) is 0 Å². The van der Waals surface area contributed by atoms with Crippen molar-refractivity contribution in [2.45, 2.75) is 19.5 Å². The van der Waals surface area contributed by atoms with Gasteiger partial charge in [-0.2, -0.15) is 11.8 Å². The molecule has 0 radical (unpaired) electrons. The summed E-state index contributed by atoms with van der Waals surface area (Å²) in [4.78, 5) is 4.03. The SMILES string of the molecule is CSCC(C)NCc1ccnc(/C(N)=N/O)c1. The van der Waals surface area contributed by atoms with Crippen LogP contribution in [0.1, 0.15) is 18.2 Å². The van der Waals surface area contributed by atoms with Crippen molar-refractivity contribution < 1.29 is 5.21 Å². The molecule has 1 atom stereocenters. The minimum atomic E-state index is 0.0315. The van der Waals surface area contributed by atoms with E-state index in [1.807, 2.05) is 23.9 Å². The first kappa shape index (κ1) is 13.8. The standard InChI is InChI=1S/C11H18N4OS/c1-8(7-17-2)14-6-9-3-4-13-10(5-9)11(12)15-16/h3-5,8,14,16H,6-7H2,1-2H3,(H2,12,15). The minimum Gasteiger partial charge on any atom is -0.409 e. The highest BCUT2D eigenvalue weighted by Gasteiger charge is 2.04. The van der Waals surface area contributed by atoms with Crippen molar-refractivity contribution in [3.63, 3.8) is 0 Å². The summed E-state index contributed by atoms with van der Waals surface area (Å²) in [5, 5.41) is 14.9. The number of pyridine rings is 1. The Morgan fingerprint density at radius 3 is 3.12 bits per heavy atom. The van der Waals surface area contributed by atoms with Gasteiger partial charge in [-0.3, -0.25) is 4.98 Å². The highest BCUT2D eigenvalue weighted by molar-refractivity contribution is 7.98. The molecule has 1 aromatic heterocycles. The van der Waals surface area contributed by atoms with E-state index >= 15 is 0 Å². The van der Waals surface area contributed by atoms with Crippen LogP contribution < -0.4 is 11.1 Å². The lowest BCUT2D eigenvalue weighted by molar-refractivity contribution is 0.318. The van der Waals surface area contributed by atoms with Gasteiger partial charge in [0.1, 0.15) is 5.69 Å². The number of aromatic nitrogens is 1. The fourth-order valence-electron chi connectivity index (χ4n) is 1.38. The average Bonchev–Trinajstić information content (AvgIpc) is 2.36. The van der Waals surface area contributed by atoms with E-state index in [2.05, 4.69) is 28.6 Å². The van der Waals surface area contributed by atoms with Crippen molar-refractivity contribution in [1.82, 2.24) is 10.3 Å². The van der Waals surface area contributed by atoms with Crippen LogP contribution in [0.4, 0.5) is 0 Å². The lowest BCUT2D eigenvalue weighted by Crippen LogP contribution is -2.27. The highest BCUT2D eigenvalue weighted by atomic mass is 32.2. The third-order valence-electron chi connectivity index (χ3n) is 2.27. The van der Waals surface area contributed by atoms with E-state index in [-0.39, 0.29) is 5.84 Å². The molecule has 1 aromatic rings. The maximum absolute atomic E-state index is 8.57. The van der Waals surface area contributed by atoms with Crippen molar-refractivity contribution in [2.24, 2.45) is 10.9 Å². The van der Waals surface area contributed by atoms with E-state index in [0.29, 0.717) is 11.7 Å². The Labute approximate surface area is 105 Å². The Balaban J connectivity index is 2.60. The Kier molecular flexibility index (Phi) is 5.79. The molecular weight excluding hydrogens is 236 g/mol. The third kappa shape index (κ3) is 4.62. The molecule has 0 bridgehead atoms. The zero-order chi connectivity index (χ0) is 12.7. The van der Waals surface area contributed by atoms with Gasteiger partial charge in [-0.05, 0) is 30.9 Å². The van der Waals surface area contributed by atoms with Crippen LogP contribution in [-0.2, 0) is 6.54 Å². The third-order valence-corrected chi connectivity index (χ3v) is 3.10. The summed E-state index contributed by atoms with van der Waals surface area (Å²) in [6.45, 7) is 2.89. The van der Waals surface area contributed by atoms with E-state index in [4.69, 9.17) is 10.9 Å². The molecule has 0 aliphatic rings. The molecule has 4 N–H and O–H groups in total. The number of rotatable bonds is 6. The van der Waals surface area contributed by atoms with Crippen LogP contribution in [0.25, 0.3) is 0 Å². The number of hydrogen-bond donors (Lipinski definition) is 3. The molecule has 1 heterocycles. The molecule has 0 saturated heterocycles. The number of thioether (sulfide) groups is 1. The number of nitrogens with two attached hydrogens (primary N) is 1. The number of oxime groups is 1. The zero-order valence-electron chi connectivity index (χ0n) is 10.1. The normalized spacial score (nSPS) is 13.6. The Hall–Kier alpha value is -1.27. The van der Waals surface area contributed by atoms with Crippen molar-refractivity contribution in [3.05, 3.63) is 29.6 Å². The molecule has 6 heteroatoms. The summed E-state index contributed by atoms with van der Waals surface area (Å²) in [7, 11) is 0. The minimum absolute atomic E-state index is 0.0315. The number of amidine groups is 1. The number of nitrogens with one attached hydrogen (secondary N) is 1. The fourth-order valence-corrected chi connectivity index (χ4v) is 1.99. The lowest BCUT2D eigenvalue weighted by Gasteiger charge is -2.12. The van der Waals surface area contributed by atoms with E-state index < -0.39 is 0 Å². The number of nitrogens with zero attached hydrogens (tertiary/aromatic N) is 2. The molecular formula is C11H18N4OS. The van der Waals surface area contributed by atoms with Gasteiger partial charge in [-0.15, -0.1) is 0 Å². The van der Waals surface area contributed by atoms with E-state index in [9.17, 15) is 0 Å². The van der Waals surface area contributed by atoms with Gasteiger partial charge in [0, 0.05) is 24.5 Å². The van der Waals surface area contributed by atoms with Crippen molar-refractivity contribution in [3.8, 4) is 0 Å². The maximum atomic E-state index is 8.57. The first-order chi connectivity index (χ1) is 8.17. The largest absolute Gasteiger partial charge is 0.409 e. The maximum Gasteiger partial charge on any atom is 0.188 e. The summed E-state index contributed by atoms with van der Waals surface area (Å²) in [5.74, 6) is 1.10. The summed E-state index contributed by atoms with van der Waals surface area (Å²) in [5.41, 5.74) is 7.04. The van der Waals surface area contributed by atoms with Crippen LogP contribution in [0.3, 0.4) is 0 Å². The van der Waals surface area contributed by atoms with Crippen LogP contribution in [-0.4, -0.2) is 34.1 Å². The molecule has 0 aromatic carbocycles. The first-order valence-corrected chi connectivity index (χ1v) is 6.72. The first-order valence-electron chi connectivity index (χ1n) is 5.32. The quantitative estimate of drug-likeness (QED) is 0.305.